The number of ether oxygens (including phenoxy) is 2. The lowest BCUT2D eigenvalue weighted by Gasteiger charge is -2.11. The van der Waals surface area contributed by atoms with E-state index in [1.165, 1.54) is 0 Å². The van der Waals surface area contributed by atoms with Gasteiger partial charge in [0.25, 0.3) is 0 Å². The number of anilines is 1. The van der Waals surface area contributed by atoms with Crippen LogP contribution in [0.15, 0.2) is 40.2 Å². The summed E-state index contributed by atoms with van der Waals surface area (Å²) in [6.45, 7) is 0. The highest BCUT2D eigenvalue weighted by molar-refractivity contribution is 7.13. The van der Waals surface area contributed by atoms with Crippen molar-refractivity contribution in [2.45, 2.75) is 0 Å². The normalized spacial score (nSPS) is 10.6. The number of rotatable bonds is 4. The molecule has 1 aromatic carbocycles. The molecule has 0 aliphatic carbocycles. The van der Waals surface area contributed by atoms with E-state index >= 15 is 0 Å². The van der Waals surface area contributed by atoms with Crippen LogP contribution >= 0.6 is 11.3 Å². The summed E-state index contributed by atoms with van der Waals surface area (Å²) in [6, 6.07) is 9.46. The molecule has 2 aromatic heterocycles. The molecule has 0 saturated heterocycles. The van der Waals surface area contributed by atoms with Gasteiger partial charge in [-0.05, 0) is 23.6 Å². The van der Waals surface area contributed by atoms with Crippen LogP contribution in [0.3, 0.4) is 0 Å². The number of nitrogens with two attached hydrogens (primary N) is 1. The lowest BCUT2D eigenvalue weighted by atomic mass is 10.0. The van der Waals surface area contributed by atoms with Crippen molar-refractivity contribution in [1.82, 2.24) is 5.16 Å². The van der Waals surface area contributed by atoms with Gasteiger partial charge in [-0.1, -0.05) is 17.3 Å². The summed E-state index contributed by atoms with van der Waals surface area (Å²) in [5.74, 6) is 2.18. The fourth-order valence-electron chi connectivity index (χ4n) is 2.21. The quantitative estimate of drug-likeness (QED) is 0.796. The lowest BCUT2D eigenvalue weighted by molar-refractivity contribution is 0.387. The molecule has 0 atom stereocenters. The summed E-state index contributed by atoms with van der Waals surface area (Å²) < 4.78 is 16.3. The molecule has 0 amide bonds. The lowest BCUT2D eigenvalue weighted by Crippen LogP contribution is -1.93. The van der Waals surface area contributed by atoms with Crippen LogP contribution in [0.25, 0.3) is 21.8 Å². The third-order valence-corrected chi connectivity index (χ3v) is 4.03. The van der Waals surface area contributed by atoms with Gasteiger partial charge in [0.2, 0.25) is 0 Å². The topological polar surface area (TPSA) is 70.5 Å². The minimum atomic E-state index is 0.348. The molecular weight excluding hydrogens is 288 g/mol. The summed E-state index contributed by atoms with van der Waals surface area (Å²) >= 11 is 1.57. The molecule has 3 aromatic rings. The SMILES string of the molecule is COc1cccc(OC)c1-c1onc(N)c1-c1cccs1. The molecule has 2 N–H and O–H groups in total. The Kier molecular flexibility index (Phi) is 3.53. The van der Waals surface area contributed by atoms with Crippen LogP contribution < -0.4 is 15.2 Å². The van der Waals surface area contributed by atoms with Gasteiger partial charge in [-0.2, -0.15) is 0 Å². The van der Waals surface area contributed by atoms with E-state index in [-0.39, 0.29) is 0 Å². The highest BCUT2D eigenvalue weighted by Gasteiger charge is 2.24. The van der Waals surface area contributed by atoms with Gasteiger partial charge in [0, 0.05) is 4.88 Å². The predicted octanol–water partition coefficient (Wildman–Crippen LogP) is 3.67. The number of hydrogen-bond donors (Lipinski definition) is 1. The van der Waals surface area contributed by atoms with Crippen molar-refractivity contribution in [1.29, 1.82) is 0 Å². The summed E-state index contributed by atoms with van der Waals surface area (Å²) in [5, 5.41) is 5.88. The van der Waals surface area contributed by atoms with Gasteiger partial charge in [0.15, 0.2) is 11.6 Å². The Bertz CT molecular complexity index is 728. The molecule has 0 spiro atoms. The van der Waals surface area contributed by atoms with Crippen molar-refractivity contribution in [2.24, 2.45) is 0 Å². The first-order chi connectivity index (χ1) is 10.3. The molecule has 0 unspecified atom stereocenters. The zero-order chi connectivity index (χ0) is 14.8. The third kappa shape index (κ3) is 2.23. The maximum Gasteiger partial charge on any atom is 0.185 e. The fraction of sp³-hybridized carbons (Fsp3) is 0.133. The van der Waals surface area contributed by atoms with E-state index < -0.39 is 0 Å². The van der Waals surface area contributed by atoms with Gasteiger partial charge in [-0.15, -0.1) is 11.3 Å². The molecule has 5 nitrogen and oxygen atoms in total. The summed E-state index contributed by atoms with van der Waals surface area (Å²) in [6.07, 6.45) is 0. The van der Waals surface area contributed by atoms with Gasteiger partial charge in [0.1, 0.15) is 17.1 Å². The summed E-state index contributed by atoms with van der Waals surface area (Å²) in [5.41, 5.74) is 7.43. The Morgan fingerprint density at radius 1 is 1.05 bits per heavy atom. The second kappa shape index (κ2) is 5.49. The zero-order valence-electron chi connectivity index (χ0n) is 11.6. The van der Waals surface area contributed by atoms with E-state index in [1.807, 2.05) is 35.7 Å². The summed E-state index contributed by atoms with van der Waals surface area (Å²) in [7, 11) is 3.20. The predicted molar refractivity (Wildman–Crippen MR) is 82.8 cm³/mol. The van der Waals surface area contributed by atoms with Crippen LogP contribution in [0.2, 0.25) is 0 Å². The van der Waals surface area contributed by atoms with Crippen LogP contribution in [-0.4, -0.2) is 19.4 Å². The maximum atomic E-state index is 5.97. The van der Waals surface area contributed by atoms with Crippen molar-refractivity contribution < 1.29 is 14.0 Å². The van der Waals surface area contributed by atoms with Crippen LogP contribution in [0.5, 0.6) is 11.5 Å². The van der Waals surface area contributed by atoms with Crippen molar-refractivity contribution in [2.75, 3.05) is 20.0 Å². The average molecular weight is 302 g/mol. The van der Waals surface area contributed by atoms with Gasteiger partial charge in [-0.3, -0.25) is 0 Å². The number of thiophene rings is 1. The fourth-order valence-corrected chi connectivity index (χ4v) is 2.98. The van der Waals surface area contributed by atoms with Crippen molar-refractivity contribution in [3.05, 3.63) is 35.7 Å². The van der Waals surface area contributed by atoms with Gasteiger partial charge in [-0.25, -0.2) is 0 Å². The molecule has 0 aliphatic rings. The second-order valence-corrected chi connectivity index (χ2v) is 5.23. The van der Waals surface area contributed by atoms with E-state index in [0.717, 1.165) is 10.4 Å². The first-order valence-electron chi connectivity index (χ1n) is 6.26. The van der Waals surface area contributed by atoms with Crippen LogP contribution in [-0.2, 0) is 0 Å². The zero-order valence-corrected chi connectivity index (χ0v) is 12.4. The van der Waals surface area contributed by atoms with E-state index in [0.29, 0.717) is 28.6 Å². The molecule has 0 aliphatic heterocycles. The molecule has 0 fully saturated rings. The Morgan fingerprint density at radius 3 is 2.33 bits per heavy atom. The monoisotopic (exact) mass is 302 g/mol. The Balaban J connectivity index is 2.28. The van der Waals surface area contributed by atoms with Crippen molar-refractivity contribution >= 4 is 17.2 Å². The molecule has 2 heterocycles. The molecule has 6 heteroatoms. The number of hydrogen-bond acceptors (Lipinski definition) is 6. The molecule has 0 saturated carbocycles. The van der Waals surface area contributed by atoms with Gasteiger partial charge >= 0.3 is 0 Å². The number of nitrogens with zero attached hydrogens (tertiary/aromatic N) is 1. The van der Waals surface area contributed by atoms with E-state index in [2.05, 4.69) is 5.16 Å². The van der Waals surface area contributed by atoms with Crippen LogP contribution in [0, 0.1) is 0 Å². The smallest absolute Gasteiger partial charge is 0.185 e. The molecular formula is C15H14N2O3S. The van der Waals surface area contributed by atoms with Crippen LogP contribution in [0.1, 0.15) is 0 Å². The van der Waals surface area contributed by atoms with E-state index in [9.17, 15) is 0 Å². The number of methoxy groups -OCH3 is 2. The van der Waals surface area contributed by atoms with Gasteiger partial charge in [0.05, 0.1) is 19.8 Å². The van der Waals surface area contributed by atoms with Crippen LogP contribution in [0.4, 0.5) is 5.82 Å². The third-order valence-electron chi connectivity index (χ3n) is 3.14. The van der Waals surface area contributed by atoms with Gasteiger partial charge < -0.3 is 19.7 Å². The van der Waals surface area contributed by atoms with Crippen molar-refractivity contribution in [3.63, 3.8) is 0 Å². The molecule has 0 bridgehead atoms. The molecule has 3 rings (SSSR count). The molecule has 108 valence electrons. The number of benzene rings is 1. The molecule has 0 radical (unpaired) electrons. The highest BCUT2D eigenvalue weighted by atomic mass is 32.1. The Morgan fingerprint density at radius 2 is 1.76 bits per heavy atom. The Hall–Kier alpha value is -2.47. The van der Waals surface area contributed by atoms with Crippen molar-refractivity contribution in [3.8, 4) is 33.3 Å². The average Bonchev–Trinajstić information content (AvgIpc) is 3.15. The Labute approximate surface area is 125 Å². The standard InChI is InChI=1S/C15H14N2O3S/c1-18-9-5-3-6-10(19-2)12(9)14-13(15(16)17-20-14)11-7-4-8-21-11/h3-8H,1-2H3,(H2,16,17). The maximum absolute atomic E-state index is 5.97. The second-order valence-electron chi connectivity index (χ2n) is 4.29. The first kappa shape index (κ1) is 13.5. The first-order valence-corrected chi connectivity index (χ1v) is 7.14. The highest BCUT2D eigenvalue weighted by Crippen LogP contribution is 2.45. The van der Waals surface area contributed by atoms with E-state index in [1.54, 1.807) is 25.6 Å². The largest absolute Gasteiger partial charge is 0.496 e. The summed E-state index contributed by atoms with van der Waals surface area (Å²) in [4.78, 5) is 0.983. The minimum absolute atomic E-state index is 0.348. The molecule has 21 heavy (non-hydrogen) atoms. The van der Waals surface area contributed by atoms with E-state index in [4.69, 9.17) is 19.7 Å². The number of aromatic nitrogens is 1. The minimum Gasteiger partial charge on any atom is -0.496 e. The number of nitrogen functional groups attached to an aromatic ring is 1.